The van der Waals surface area contributed by atoms with Crippen molar-refractivity contribution in [2.75, 3.05) is 6.54 Å². The lowest BCUT2D eigenvalue weighted by atomic mass is 9.85. The number of fused-ring (bicyclic) bond motifs is 2. The predicted octanol–water partition coefficient (Wildman–Crippen LogP) is 3.69. The van der Waals surface area contributed by atoms with E-state index in [1.807, 2.05) is 31.2 Å². The molecule has 39 heavy (non-hydrogen) atoms. The van der Waals surface area contributed by atoms with Gasteiger partial charge in [0.2, 0.25) is 17.4 Å². The van der Waals surface area contributed by atoms with Crippen LogP contribution in [0.25, 0.3) is 27.5 Å². The van der Waals surface area contributed by atoms with Gasteiger partial charge < -0.3 is 20.7 Å². The molecule has 0 aliphatic heterocycles. The fourth-order valence-corrected chi connectivity index (χ4v) is 4.68. The second-order valence-corrected chi connectivity index (χ2v) is 9.30. The summed E-state index contributed by atoms with van der Waals surface area (Å²) in [7, 11) is 0. The van der Waals surface area contributed by atoms with E-state index in [0.717, 1.165) is 17.4 Å². The van der Waals surface area contributed by atoms with Crippen LogP contribution in [0.3, 0.4) is 0 Å². The van der Waals surface area contributed by atoms with Crippen molar-refractivity contribution in [3.05, 3.63) is 95.8 Å². The number of benzene rings is 3. The third kappa shape index (κ3) is 4.61. The van der Waals surface area contributed by atoms with E-state index in [0.29, 0.717) is 16.4 Å². The average Bonchev–Trinajstić information content (AvgIpc) is 3.48. The summed E-state index contributed by atoms with van der Waals surface area (Å²) in [6, 6.07) is 17.7. The fourth-order valence-electron chi connectivity index (χ4n) is 4.68. The van der Waals surface area contributed by atoms with Crippen molar-refractivity contribution in [1.29, 1.82) is 0 Å². The number of carbonyl (C=O) groups is 2. The minimum atomic E-state index is -5.11. The van der Waals surface area contributed by atoms with Gasteiger partial charge in [-0.25, -0.2) is 4.68 Å². The van der Waals surface area contributed by atoms with Gasteiger partial charge in [0.15, 0.2) is 0 Å². The first-order chi connectivity index (χ1) is 18.5. The molecule has 5 aromatic rings. The topological polar surface area (TPSA) is 115 Å². The van der Waals surface area contributed by atoms with Crippen molar-refractivity contribution in [2.45, 2.75) is 25.2 Å². The molecule has 0 saturated carbocycles. The molecule has 5 rings (SSSR count). The Kier molecular flexibility index (Phi) is 6.39. The molecule has 1 unspecified atom stereocenters. The molecule has 8 nitrogen and oxygen atoms in total. The first-order valence-electron chi connectivity index (χ1n) is 12.0. The smallest absolute Gasteiger partial charge is 0.372 e. The number of nitrogens with one attached hydrogen (secondary N) is 1. The van der Waals surface area contributed by atoms with Gasteiger partial charge in [-0.05, 0) is 42.8 Å². The van der Waals surface area contributed by atoms with E-state index < -0.39 is 41.3 Å². The summed E-state index contributed by atoms with van der Waals surface area (Å²) in [5.41, 5.74) is 3.49. The number of aryl methyl sites for hydroxylation is 1. The molecule has 0 aliphatic carbocycles. The quantitative estimate of drug-likeness (QED) is 0.295. The van der Waals surface area contributed by atoms with Gasteiger partial charge in [0.25, 0.3) is 0 Å². The highest BCUT2D eigenvalue weighted by atomic mass is 19.4. The van der Waals surface area contributed by atoms with Gasteiger partial charge in [-0.15, -0.1) is 0 Å². The van der Waals surface area contributed by atoms with E-state index in [9.17, 15) is 27.9 Å². The number of halogens is 3. The van der Waals surface area contributed by atoms with Crippen LogP contribution < -0.4 is 11.1 Å². The van der Waals surface area contributed by atoms with Gasteiger partial charge in [-0.3, -0.25) is 9.59 Å². The number of hydrogen-bond acceptors (Lipinski definition) is 4. The molecule has 11 heteroatoms. The van der Waals surface area contributed by atoms with Crippen molar-refractivity contribution >= 4 is 33.6 Å². The number of carbonyl (C=O) groups excluding carboxylic acids is 2. The Bertz CT molecular complexity index is 1710. The standard InChI is InChI=1S/C28H24F3N5O3/c1-17-6-9-20(10-7-17)36-23-11-8-19(12-18(23)13-34-36)27(39,28(29,30)31)22-15-35(16-26(38)33-14-25(32)37)24-5-3-2-4-21(22)24/h2-13,15,39H,14,16H2,1H3,(H2,32,37)(H,33,38). The van der Waals surface area contributed by atoms with Gasteiger partial charge in [0, 0.05) is 28.0 Å². The largest absolute Gasteiger partial charge is 0.425 e. The van der Waals surface area contributed by atoms with Gasteiger partial charge in [-0.2, -0.15) is 18.3 Å². The Morgan fingerprint density at radius 1 is 1.03 bits per heavy atom. The molecular formula is C28H24F3N5O3. The van der Waals surface area contributed by atoms with Crippen LogP contribution in [0.5, 0.6) is 0 Å². The van der Waals surface area contributed by atoms with Crippen LogP contribution in [-0.4, -0.2) is 44.0 Å². The van der Waals surface area contributed by atoms with Gasteiger partial charge >= 0.3 is 6.18 Å². The Labute approximate surface area is 220 Å². The SMILES string of the molecule is Cc1ccc(-n2ncc3cc(C(O)(c4cn(CC(=O)NCC(N)=O)c5ccccc45)C(F)(F)F)ccc32)cc1. The highest BCUT2D eigenvalue weighted by Gasteiger charge is 2.57. The minimum Gasteiger partial charge on any atom is -0.372 e. The highest BCUT2D eigenvalue weighted by molar-refractivity contribution is 5.89. The molecule has 2 aromatic heterocycles. The molecule has 3 aromatic carbocycles. The third-order valence-electron chi connectivity index (χ3n) is 6.63. The van der Waals surface area contributed by atoms with Crippen molar-refractivity contribution in [2.24, 2.45) is 5.73 Å². The zero-order valence-corrected chi connectivity index (χ0v) is 20.7. The average molecular weight is 536 g/mol. The van der Waals surface area contributed by atoms with Gasteiger partial charge in [0.05, 0.1) is 23.9 Å². The highest BCUT2D eigenvalue weighted by Crippen LogP contribution is 2.47. The number of para-hydroxylation sites is 1. The predicted molar refractivity (Wildman–Crippen MR) is 139 cm³/mol. The monoisotopic (exact) mass is 535 g/mol. The van der Waals surface area contributed by atoms with E-state index in [-0.39, 0.29) is 11.9 Å². The van der Waals surface area contributed by atoms with Crippen LogP contribution in [0.4, 0.5) is 13.2 Å². The molecule has 2 amide bonds. The lowest BCUT2D eigenvalue weighted by molar-refractivity contribution is -0.247. The molecule has 1 atom stereocenters. The number of hydrogen-bond donors (Lipinski definition) is 3. The van der Waals surface area contributed by atoms with Crippen molar-refractivity contribution in [3.8, 4) is 5.69 Å². The molecule has 0 bridgehead atoms. The maximum atomic E-state index is 14.8. The second-order valence-electron chi connectivity index (χ2n) is 9.30. The van der Waals surface area contributed by atoms with Crippen LogP contribution in [0.2, 0.25) is 0 Å². The fraction of sp³-hybridized carbons (Fsp3) is 0.179. The number of amides is 2. The van der Waals surface area contributed by atoms with Crippen molar-refractivity contribution in [3.63, 3.8) is 0 Å². The van der Waals surface area contributed by atoms with Crippen molar-refractivity contribution < 1.29 is 27.9 Å². The molecular weight excluding hydrogens is 511 g/mol. The lowest BCUT2D eigenvalue weighted by Gasteiger charge is -2.31. The molecule has 0 radical (unpaired) electrons. The van der Waals surface area contributed by atoms with Gasteiger partial charge in [-0.1, -0.05) is 42.0 Å². The Balaban J connectivity index is 1.62. The second kappa shape index (κ2) is 9.59. The van der Waals surface area contributed by atoms with Crippen LogP contribution in [0.15, 0.2) is 79.1 Å². The Morgan fingerprint density at radius 2 is 1.74 bits per heavy atom. The van der Waals surface area contributed by atoms with Crippen molar-refractivity contribution in [1.82, 2.24) is 19.7 Å². The summed E-state index contributed by atoms with van der Waals surface area (Å²) in [6.07, 6.45) is -2.55. The van der Waals surface area contributed by atoms with Crippen LogP contribution >= 0.6 is 0 Å². The summed E-state index contributed by atoms with van der Waals surface area (Å²) >= 11 is 0. The number of nitrogens with zero attached hydrogens (tertiary/aromatic N) is 3. The first-order valence-corrected chi connectivity index (χ1v) is 12.0. The summed E-state index contributed by atoms with van der Waals surface area (Å²) in [6.45, 7) is 1.15. The molecule has 0 saturated heterocycles. The Morgan fingerprint density at radius 3 is 2.44 bits per heavy atom. The van der Waals surface area contributed by atoms with E-state index in [1.54, 1.807) is 22.9 Å². The van der Waals surface area contributed by atoms with E-state index in [1.165, 1.54) is 35.0 Å². The summed E-state index contributed by atoms with van der Waals surface area (Å²) in [5, 5.41) is 18.7. The van der Waals surface area contributed by atoms with Gasteiger partial charge in [0.1, 0.15) is 6.54 Å². The van der Waals surface area contributed by atoms with E-state index in [2.05, 4.69) is 10.4 Å². The number of rotatable bonds is 7. The maximum absolute atomic E-state index is 14.8. The summed E-state index contributed by atoms with van der Waals surface area (Å²) < 4.78 is 47.3. The number of alkyl halides is 3. The zero-order chi connectivity index (χ0) is 27.9. The number of nitrogens with two attached hydrogens (primary N) is 1. The minimum absolute atomic E-state index is 0.121. The third-order valence-corrected chi connectivity index (χ3v) is 6.63. The van der Waals surface area contributed by atoms with E-state index in [4.69, 9.17) is 5.73 Å². The first kappa shape index (κ1) is 26.0. The molecule has 200 valence electrons. The van der Waals surface area contributed by atoms with Crippen LogP contribution in [-0.2, 0) is 21.7 Å². The zero-order valence-electron chi connectivity index (χ0n) is 20.7. The van der Waals surface area contributed by atoms with E-state index >= 15 is 0 Å². The Hall–Kier alpha value is -4.64. The molecule has 4 N–H and O–H groups in total. The summed E-state index contributed by atoms with van der Waals surface area (Å²) in [4.78, 5) is 23.3. The molecule has 2 heterocycles. The maximum Gasteiger partial charge on any atom is 0.425 e. The number of primary amides is 1. The normalized spacial score (nSPS) is 13.5. The number of aliphatic hydroxyl groups is 1. The molecule has 0 fully saturated rings. The summed E-state index contributed by atoms with van der Waals surface area (Å²) in [5.74, 6) is -1.38. The lowest BCUT2D eigenvalue weighted by Crippen LogP contribution is -2.43. The van der Waals surface area contributed by atoms with Crippen LogP contribution in [0, 0.1) is 6.92 Å². The van der Waals surface area contributed by atoms with Crippen LogP contribution in [0.1, 0.15) is 16.7 Å². The molecule has 0 spiro atoms. The molecule has 0 aliphatic rings. The number of aromatic nitrogens is 3.